The Hall–Kier alpha value is -1.35. The summed E-state index contributed by atoms with van der Waals surface area (Å²) in [5, 5.41) is 3.43. The SMILES string of the molecule is [11CH3]OC(=O)[C@H](c1ccccc1)[C@H]1CCCCN1. The van der Waals surface area contributed by atoms with Crippen LogP contribution in [0.5, 0.6) is 0 Å². The number of carbonyl (C=O) groups is 1. The maximum Gasteiger partial charge on any atom is 0.314 e. The smallest absolute Gasteiger partial charge is 0.314 e. The molecule has 3 heteroatoms. The van der Waals surface area contributed by atoms with Gasteiger partial charge in [-0.1, -0.05) is 36.8 Å². The molecule has 17 heavy (non-hydrogen) atoms. The molecule has 0 bridgehead atoms. The molecule has 0 unspecified atom stereocenters. The van der Waals surface area contributed by atoms with Gasteiger partial charge in [0.05, 0.1) is 13.0 Å². The Morgan fingerprint density at radius 3 is 2.71 bits per heavy atom. The molecule has 1 aromatic carbocycles. The Labute approximate surface area is 102 Å². The maximum atomic E-state index is 11.9. The Morgan fingerprint density at radius 1 is 1.35 bits per heavy atom. The second kappa shape index (κ2) is 5.82. The lowest BCUT2D eigenvalue weighted by Gasteiger charge is -2.29. The molecule has 2 atom stereocenters. The van der Waals surface area contributed by atoms with Gasteiger partial charge in [-0.3, -0.25) is 4.79 Å². The molecular weight excluding hydrogens is 213 g/mol. The van der Waals surface area contributed by atoms with E-state index in [9.17, 15) is 4.79 Å². The van der Waals surface area contributed by atoms with Gasteiger partial charge < -0.3 is 10.1 Å². The van der Waals surface area contributed by atoms with E-state index in [1.165, 1.54) is 20.0 Å². The van der Waals surface area contributed by atoms with Gasteiger partial charge in [-0.25, -0.2) is 0 Å². The van der Waals surface area contributed by atoms with Crippen LogP contribution in [0.15, 0.2) is 30.3 Å². The molecule has 0 aromatic heterocycles. The average molecular weight is 232 g/mol. The zero-order valence-electron chi connectivity index (χ0n) is 10.2. The van der Waals surface area contributed by atoms with Gasteiger partial charge in [0.2, 0.25) is 0 Å². The molecule has 1 aromatic rings. The molecule has 1 N–H and O–H groups in total. The third-order valence-electron chi connectivity index (χ3n) is 3.36. The third-order valence-corrected chi connectivity index (χ3v) is 3.36. The van der Waals surface area contributed by atoms with Crippen molar-refractivity contribution in [2.24, 2.45) is 0 Å². The third kappa shape index (κ3) is 2.86. The van der Waals surface area contributed by atoms with Crippen LogP contribution < -0.4 is 5.32 Å². The lowest BCUT2D eigenvalue weighted by molar-refractivity contribution is -0.143. The fourth-order valence-corrected chi connectivity index (χ4v) is 2.48. The highest BCUT2D eigenvalue weighted by atomic mass is 16.5. The first-order valence-corrected chi connectivity index (χ1v) is 6.19. The summed E-state index contributed by atoms with van der Waals surface area (Å²) in [7, 11) is 1.46. The van der Waals surface area contributed by atoms with Crippen molar-refractivity contribution in [2.75, 3.05) is 13.7 Å². The van der Waals surface area contributed by atoms with E-state index < -0.39 is 0 Å². The number of hydrogen-bond acceptors (Lipinski definition) is 3. The predicted octanol–water partition coefficient (Wildman–Crippen LogP) is 2.09. The van der Waals surface area contributed by atoms with Crippen LogP contribution in [0, 0.1) is 0 Å². The minimum Gasteiger partial charge on any atom is -0.469 e. The van der Waals surface area contributed by atoms with E-state index in [1.807, 2.05) is 30.3 Å². The van der Waals surface area contributed by atoms with Crippen molar-refractivity contribution in [3.05, 3.63) is 35.9 Å². The van der Waals surface area contributed by atoms with Crippen molar-refractivity contribution >= 4 is 5.97 Å². The minimum absolute atomic E-state index is 0.143. The normalized spacial score (nSPS) is 21.8. The van der Waals surface area contributed by atoms with Gasteiger partial charge in [0, 0.05) is 6.04 Å². The maximum absolute atomic E-state index is 11.9. The van der Waals surface area contributed by atoms with E-state index in [2.05, 4.69) is 5.32 Å². The summed E-state index contributed by atoms with van der Waals surface area (Å²) in [4.78, 5) is 11.9. The average Bonchev–Trinajstić information content (AvgIpc) is 2.41. The Bertz CT molecular complexity index is 358. The van der Waals surface area contributed by atoms with Crippen molar-refractivity contribution in [1.82, 2.24) is 5.32 Å². The molecule has 1 saturated heterocycles. The number of piperidine rings is 1. The summed E-state index contributed by atoms with van der Waals surface area (Å²) in [6.07, 6.45) is 3.41. The first-order valence-electron chi connectivity index (χ1n) is 6.19. The van der Waals surface area contributed by atoms with Crippen molar-refractivity contribution in [3.63, 3.8) is 0 Å². The molecular formula is C14H19NO2. The van der Waals surface area contributed by atoms with Crippen molar-refractivity contribution in [2.45, 2.75) is 31.2 Å². The molecule has 3 nitrogen and oxygen atoms in total. The van der Waals surface area contributed by atoms with E-state index in [-0.39, 0.29) is 17.9 Å². The Balaban J connectivity index is 2.21. The summed E-state index contributed by atoms with van der Waals surface area (Å²) in [5.41, 5.74) is 1.04. The summed E-state index contributed by atoms with van der Waals surface area (Å²) in [5.74, 6) is -0.322. The summed E-state index contributed by atoms with van der Waals surface area (Å²) < 4.78 is 4.94. The van der Waals surface area contributed by atoms with Gasteiger partial charge >= 0.3 is 5.97 Å². The fraction of sp³-hybridized carbons (Fsp3) is 0.500. The van der Waals surface area contributed by atoms with E-state index >= 15 is 0 Å². The molecule has 0 saturated carbocycles. The quantitative estimate of drug-likeness (QED) is 0.811. The largest absolute Gasteiger partial charge is 0.469 e. The van der Waals surface area contributed by atoms with Crippen LogP contribution in [0.4, 0.5) is 0 Å². The molecule has 0 spiro atoms. The molecule has 0 amide bonds. The first kappa shape index (κ1) is 12.1. The number of carbonyl (C=O) groups excluding carboxylic acids is 1. The number of hydrogen-bond donors (Lipinski definition) is 1. The molecule has 1 aliphatic rings. The van der Waals surface area contributed by atoms with Gasteiger partial charge in [0.1, 0.15) is 0 Å². The number of ether oxygens (including phenoxy) is 1. The number of methoxy groups -OCH3 is 1. The zero-order valence-corrected chi connectivity index (χ0v) is 10.2. The number of benzene rings is 1. The molecule has 2 rings (SSSR count). The minimum atomic E-state index is -0.179. The van der Waals surface area contributed by atoms with Crippen LogP contribution in [-0.2, 0) is 9.53 Å². The highest BCUT2D eigenvalue weighted by Gasteiger charge is 2.31. The molecule has 1 heterocycles. The summed E-state index contributed by atoms with van der Waals surface area (Å²) >= 11 is 0. The Morgan fingerprint density at radius 2 is 2.12 bits per heavy atom. The topological polar surface area (TPSA) is 38.3 Å². The molecule has 0 radical (unpaired) electrons. The van der Waals surface area contributed by atoms with Crippen molar-refractivity contribution in [3.8, 4) is 0 Å². The number of esters is 1. The van der Waals surface area contributed by atoms with Gasteiger partial charge in [0.15, 0.2) is 0 Å². The van der Waals surface area contributed by atoms with E-state index in [1.54, 1.807) is 0 Å². The zero-order chi connectivity index (χ0) is 12.1. The van der Waals surface area contributed by atoms with Gasteiger partial charge in [0.25, 0.3) is 0 Å². The predicted molar refractivity (Wildman–Crippen MR) is 66.8 cm³/mol. The highest BCUT2D eigenvalue weighted by molar-refractivity contribution is 5.79. The van der Waals surface area contributed by atoms with Crippen molar-refractivity contribution < 1.29 is 9.53 Å². The molecule has 92 valence electrons. The molecule has 0 aliphatic carbocycles. The molecule has 1 fully saturated rings. The number of nitrogens with one attached hydrogen (secondary N) is 1. The second-order valence-electron chi connectivity index (χ2n) is 4.47. The van der Waals surface area contributed by atoms with Crippen LogP contribution in [0.2, 0.25) is 0 Å². The van der Waals surface area contributed by atoms with Crippen LogP contribution in [0.1, 0.15) is 30.7 Å². The van der Waals surface area contributed by atoms with Crippen LogP contribution in [0.25, 0.3) is 0 Å². The van der Waals surface area contributed by atoms with Gasteiger partial charge in [-0.15, -0.1) is 0 Å². The van der Waals surface area contributed by atoms with Crippen LogP contribution in [0.3, 0.4) is 0 Å². The first-order chi connectivity index (χ1) is 8.33. The second-order valence-corrected chi connectivity index (χ2v) is 4.47. The molecule has 1 aliphatic heterocycles. The monoisotopic (exact) mass is 232 g/mol. The lowest BCUT2D eigenvalue weighted by atomic mass is 9.86. The standard InChI is InChI=1S/C14H19NO2/c1-17-14(16)13(11-7-3-2-4-8-11)12-9-5-6-10-15-12/h2-4,7-8,12-13,15H,5-6,9-10H2,1H3/t12-,13-/m1/s1/i1-1. The fourth-order valence-electron chi connectivity index (χ4n) is 2.48. The summed E-state index contributed by atoms with van der Waals surface area (Å²) in [6.45, 7) is 0.991. The van der Waals surface area contributed by atoms with Gasteiger partial charge in [-0.2, -0.15) is 0 Å². The van der Waals surface area contributed by atoms with Crippen LogP contribution in [-0.4, -0.2) is 25.7 Å². The number of rotatable bonds is 3. The lowest BCUT2D eigenvalue weighted by Crippen LogP contribution is -2.42. The van der Waals surface area contributed by atoms with E-state index in [0.717, 1.165) is 18.5 Å². The van der Waals surface area contributed by atoms with E-state index in [0.29, 0.717) is 0 Å². The van der Waals surface area contributed by atoms with E-state index in [4.69, 9.17) is 4.74 Å². The van der Waals surface area contributed by atoms with Crippen LogP contribution >= 0.6 is 0 Å². The van der Waals surface area contributed by atoms with Gasteiger partial charge in [-0.05, 0) is 24.9 Å². The Kier molecular flexibility index (Phi) is 4.15. The summed E-state index contributed by atoms with van der Waals surface area (Å²) in [6, 6.07) is 10.1. The van der Waals surface area contributed by atoms with Crippen molar-refractivity contribution in [1.29, 1.82) is 0 Å². The highest BCUT2D eigenvalue weighted by Crippen LogP contribution is 2.26.